The number of hydrogen-bond acceptors (Lipinski definition) is 25. The van der Waals surface area contributed by atoms with E-state index >= 15 is 14.4 Å². The van der Waals surface area contributed by atoms with Crippen molar-refractivity contribution in [2.75, 3.05) is 13.7 Å². The average Bonchev–Trinajstić information content (AvgIpc) is 0.775. The average molecular weight is 1450 g/mol. The molecule has 21 N–H and O–H groups in total. The number of benzene rings is 5. The molecule has 5 aromatic rings. The van der Waals surface area contributed by atoms with Gasteiger partial charge in [0.25, 0.3) is 0 Å². The first-order chi connectivity index (χ1) is 47.7. The molecule has 101 heavy (non-hydrogen) atoms. The van der Waals surface area contributed by atoms with E-state index in [4.69, 9.17) is 63.1 Å². The number of phenols is 3. The van der Waals surface area contributed by atoms with E-state index in [0.29, 0.717) is 0 Å². The van der Waals surface area contributed by atoms with Crippen molar-refractivity contribution in [3.63, 3.8) is 0 Å². The number of likely N-dealkylation sites (N-methyl/N-ethyl adjacent to an activating group) is 1. The number of carboxylic acid groups (broad SMARTS) is 1. The molecule has 35 heteroatoms. The van der Waals surface area contributed by atoms with E-state index in [-0.39, 0.29) is 46.2 Å². The zero-order valence-corrected chi connectivity index (χ0v) is 55.8. The summed E-state index contributed by atoms with van der Waals surface area (Å²) in [6.07, 6.45) is -18.6. The number of carboxylic acids is 1. The van der Waals surface area contributed by atoms with Gasteiger partial charge in [0.1, 0.15) is 89.5 Å². The maximum absolute atomic E-state index is 16.0. The number of aromatic hydroxyl groups is 3. The minimum Gasteiger partial charge on any atom is -0.508 e. The number of aliphatic carboxylic acids is 1. The van der Waals surface area contributed by atoms with Crippen molar-refractivity contribution < 1.29 is 118 Å². The first-order valence-electron chi connectivity index (χ1n) is 31.6. The lowest BCUT2D eigenvalue weighted by atomic mass is 9.86. The molecule has 12 rings (SSSR count). The van der Waals surface area contributed by atoms with Crippen LogP contribution in [0.1, 0.15) is 105 Å². The van der Waals surface area contributed by atoms with Crippen LogP contribution in [-0.4, -0.2) is 191 Å². The van der Waals surface area contributed by atoms with Crippen molar-refractivity contribution >= 4 is 70.5 Å². The van der Waals surface area contributed by atoms with Crippen LogP contribution in [0, 0.1) is 5.92 Å². The summed E-state index contributed by atoms with van der Waals surface area (Å²) >= 11 is 14.1. The van der Waals surface area contributed by atoms with Gasteiger partial charge in [-0.05, 0) is 110 Å². The summed E-state index contributed by atoms with van der Waals surface area (Å²) in [5.41, 5.74) is 8.00. The Morgan fingerprint density at radius 2 is 1.32 bits per heavy atom. The Morgan fingerprint density at radius 1 is 0.713 bits per heavy atom. The number of nitrogens with two attached hydrogens (primary N) is 2. The fraction of sp³-hybridized carbons (Fsp3) is 0.424. The summed E-state index contributed by atoms with van der Waals surface area (Å²) in [6.45, 7) is 5.66. The molecule has 7 aliphatic rings. The van der Waals surface area contributed by atoms with Gasteiger partial charge in [-0.3, -0.25) is 33.6 Å². The van der Waals surface area contributed by atoms with Gasteiger partial charge in [0, 0.05) is 34.7 Å². The number of fused-ring (bicyclic) bond motifs is 15. The smallest absolute Gasteiger partial charge is 0.330 e. The van der Waals surface area contributed by atoms with Crippen molar-refractivity contribution in [1.82, 2.24) is 37.2 Å². The standard InChI is InChI=1S/C66H75Cl2N9O24/c1-23(2)12-34(71-5)58(88)76-49-51(83)26-7-10-38(32(67)14-26)97-40-16-28-17-41(55(40)101-65-56(54(86)53(85)42(22-78)99-65)100-44-21-66(4,70)57(87)24(3)96-44)98-39-11-8-27(15-33(39)68)52(84)50-63(93)75-48(64(94)95)31-18-29(79)19-37(81)45(31)30-13-25(6-9-36(30)80)46(60(90)77-50)74-61(91)47(28)73-59(89)35(20-43(69)82)72-62(49)92/h6-11,13-19,23-24,34-35,42,44,46-54,56-57,65,71,78-81,83-87H,12,20-22,70H2,1-5H3,(H2,69,82)(H,72,92)(H,73,89)(H,74,91)(H,75,93)(H,76,88)(H,77,90)(H,94,95)/t24?,34?,35?,42?,44-,46+,47?,48?,49?,50-,51?,52+,53+,54?,56?,57+,65-,66?/m0/s1. The lowest BCUT2D eigenvalue weighted by Crippen LogP contribution is -2.64. The number of aliphatic hydroxyl groups excluding tert-OH is 6. The molecule has 33 nitrogen and oxygen atoms in total. The third-order valence-corrected chi connectivity index (χ3v) is 18.4. The summed E-state index contributed by atoms with van der Waals surface area (Å²) in [7, 11) is 1.47. The molecular weight excluding hydrogens is 1370 g/mol. The fourth-order valence-electron chi connectivity index (χ4n) is 12.5. The van der Waals surface area contributed by atoms with Crippen LogP contribution in [0.25, 0.3) is 11.1 Å². The van der Waals surface area contributed by atoms with E-state index < -0.39 is 237 Å². The highest BCUT2D eigenvalue weighted by Gasteiger charge is 2.51. The highest BCUT2D eigenvalue weighted by Crippen LogP contribution is 2.50. The first kappa shape index (κ1) is 74.5. The molecule has 2 saturated heterocycles. The van der Waals surface area contributed by atoms with Gasteiger partial charge in [-0.25, -0.2) is 4.79 Å². The van der Waals surface area contributed by atoms with Crippen LogP contribution in [0.3, 0.4) is 0 Å². The molecular formula is C66H75Cl2N9O24. The third-order valence-electron chi connectivity index (χ3n) is 17.8. The molecule has 0 radical (unpaired) electrons. The van der Waals surface area contributed by atoms with E-state index in [2.05, 4.69) is 37.2 Å². The minimum atomic E-state index is -2.35. The Kier molecular flexibility index (Phi) is 22.2. The molecule has 0 spiro atoms. The van der Waals surface area contributed by atoms with E-state index in [1.54, 1.807) is 0 Å². The van der Waals surface area contributed by atoms with Gasteiger partial charge < -0.3 is 128 Å². The van der Waals surface area contributed by atoms with Gasteiger partial charge in [0.15, 0.2) is 29.9 Å². The molecule has 2 fully saturated rings. The maximum Gasteiger partial charge on any atom is 0.330 e. The normalized spacial score (nSPS) is 29.4. The van der Waals surface area contributed by atoms with E-state index in [1.807, 2.05) is 13.8 Å². The summed E-state index contributed by atoms with van der Waals surface area (Å²) < 4.78 is 38.3. The van der Waals surface area contributed by atoms with Crippen LogP contribution in [0.4, 0.5) is 0 Å². The highest BCUT2D eigenvalue weighted by molar-refractivity contribution is 6.32. The molecule has 11 unspecified atom stereocenters. The largest absolute Gasteiger partial charge is 0.508 e. The first-order valence-corrected chi connectivity index (χ1v) is 32.4. The number of rotatable bonds is 13. The second kappa shape index (κ2) is 30.2. The molecule has 7 aliphatic heterocycles. The Labute approximate surface area is 584 Å². The molecule has 7 heterocycles. The van der Waals surface area contributed by atoms with Gasteiger partial charge in [0.2, 0.25) is 53.4 Å². The highest BCUT2D eigenvalue weighted by atomic mass is 35.5. The minimum absolute atomic E-state index is 0.0975. The van der Waals surface area contributed by atoms with Crippen molar-refractivity contribution in [3.05, 3.63) is 117 Å². The molecule has 0 aromatic heterocycles. The number of carbonyl (C=O) groups is 8. The van der Waals surface area contributed by atoms with E-state index in [1.165, 1.54) is 33.0 Å². The van der Waals surface area contributed by atoms with E-state index in [0.717, 1.165) is 66.7 Å². The predicted octanol–water partition coefficient (Wildman–Crippen LogP) is 0.106. The summed E-state index contributed by atoms with van der Waals surface area (Å²) in [5, 5.41) is 131. The summed E-state index contributed by atoms with van der Waals surface area (Å²) in [4.78, 5) is 117. The van der Waals surface area contributed by atoms with Crippen LogP contribution in [0.15, 0.2) is 78.9 Å². The quantitative estimate of drug-likeness (QED) is 0.0743. The number of nitrogens with one attached hydrogen (secondary N) is 7. The van der Waals surface area contributed by atoms with Gasteiger partial charge in [-0.15, -0.1) is 0 Å². The number of phenolic OH excluding ortho intramolecular Hbond substituents is 3. The SMILES string of the molecule is CNC(CC(C)C)C(=O)NC1C(=O)NC(CC(N)=O)C(=O)NC2C(=O)N[C@H]3C(=O)N[C@H](C(=O)NC(C(=O)O)c4cc(O)cc(O)c4-c4cc3ccc4O)[C@H](O)c3ccc(c(Cl)c3)Oc3cc2cc(c3O[C@@H]2OC(CO)[C@@H](O)C(O)C2O[C@H]2CC(C)(N)[C@H](O)C(C)O2)Oc2ccc(cc2Cl)C1O. The molecule has 7 amide bonds. The van der Waals surface area contributed by atoms with Crippen molar-refractivity contribution in [3.8, 4) is 57.1 Å². The number of carbonyl (C=O) groups excluding carboxylic acids is 7. The zero-order chi connectivity index (χ0) is 73.5. The summed E-state index contributed by atoms with van der Waals surface area (Å²) in [5.74, 6) is -16.0. The van der Waals surface area contributed by atoms with E-state index in [9.17, 15) is 75.0 Å². The lowest BCUT2D eigenvalue weighted by Gasteiger charge is -2.47. The Bertz CT molecular complexity index is 4070. The molecule has 0 aliphatic carbocycles. The van der Waals surface area contributed by atoms with Crippen molar-refractivity contribution in [2.24, 2.45) is 17.4 Å². The Balaban J connectivity index is 1.24. The molecule has 18 atom stereocenters. The van der Waals surface area contributed by atoms with Gasteiger partial charge in [0.05, 0.1) is 41.3 Å². The second-order valence-corrected chi connectivity index (χ2v) is 26.5. The van der Waals surface area contributed by atoms with Crippen LogP contribution < -0.4 is 62.9 Å². The number of hydrogen-bond donors (Lipinski definition) is 19. The van der Waals surface area contributed by atoms with Crippen LogP contribution in [0.5, 0.6) is 46.0 Å². The Hall–Kier alpha value is -9.20. The number of ether oxygens (including phenoxy) is 6. The summed E-state index contributed by atoms with van der Waals surface area (Å²) in [6, 6.07) is -0.679. The maximum atomic E-state index is 16.0. The number of aliphatic hydroxyl groups is 6. The van der Waals surface area contributed by atoms with Gasteiger partial charge in [-0.2, -0.15) is 0 Å². The molecule has 5 aromatic carbocycles. The molecule has 0 saturated carbocycles. The van der Waals surface area contributed by atoms with Gasteiger partial charge in [-0.1, -0.05) is 55.2 Å². The topological polar surface area (TPSA) is 530 Å². The fourth-order valence-corrected chi connectivity index (χ4v) is 12.9. The van der Waals surface area contributed by atoms with Crippen LogP contribution in [-0.2, 0) is 52.6 Å². The number of primary amides is 1. The Morgan fingerprint density at radius 3 is 1.90 bits per heavy atom. The third kappa shape index (κ3) is 15.8. The van der Waals surface area contributed by atoms with Crippen LogP contribution in [0.2, 0.25) is 10.0 Å². The number of halogens is 2. The van der Waals surface area contributed by atoms with Gasteiger partial charge >= 0.3 is 5.97 Å². The zero-order valence-electron chi connectivity index (χ0n) is 54.3. The van der Waals surface area contributed by atoms with Crippen molar-refractivity contribution in [1.29, 1.82) is 0 Å². The predicted molar refractivity (Wildman–Crippen MR) is 349 cm³/mol. The lowest BCUT2D eigenvalue weighted by molar-refractivity contribution is -0.333. The monoisotopic (exact) mass is 1450 g/mol. The molecule has 542 valence electrons. The van der Waals surface area contributed by atoms with Crippen LogP contribution >= 0.6 is 23.2 Å². The second-order valence-electron chi connectivity index (χ2n) is 25.7. The number of amides is 7. The van der Waals surface area contributed by atoms with Crippen molar-refractivity contribution in [2.45, 2.75) is 156 Å². The molecule has 11 bridgehead atoms.